The Hall–Kier alpha value is -4.36. The van der Waals surface area contributed by atoms with E-state index in [9.17, 15) is 10.1 Å². The third-order valence-corrected chi connectivity index (χ3v) is 5.42. The van der Waals surface area contributed by atoms with Gasteiger partial charge < -0.3 is 9.15 Å². The van der Waals surface area contributed by atoms with Gasteiger partial charge in [0.15, 0.2) is 5.76 Å². The minimum atomic E-state index is -0.176. The van der Waals surface area contributed by atoms with Gasteiger partial charge in [-0.25, -0.2) is 0 Å². The van der Waals surface area contributed by atoms with Gasteiger partial charge in [0.1, 0.15) is 11.3 Å². The van der Waals surface area contributed by atoms with Crippen molar-refractivity contribution < 1.29 is 13.9 Å². The lowest BCUT2D eigenvalue weighted by Gasteiger charge is -2.07. The zero-order chi connectivity index (χ0) is 21.4. The Balaban J connectivity index is 1.84. The van der Waals surface area contributed by atoms with Crippen LogP contribution in [0.4, 0.5) is 0 Å². The van der Waals surface area contributed by atoms with Crippen molar-refractivity contribution >= 4 is 27.5 Å². The summed E-state index contributed by atoms with van der Waals surface area (Å²) in [5.74, 6) is 0.851. The molecule has 0 radical (unpaired) electrons. The standard InChI is InChI=1S/C27H17NO3/c1-30-21-11-8-18(9-12-21)24-25-22-13-7-17(16-28)15-20(22)10-14-23(25)31-27(24)26(29)19-5-3-2-4-6-19/h2-15H,1H3. The highest BCUT2D eigenvalue weighted by Gasteiger charge is 2.24. The molecule has 0 saturated heterocycles. The molecular formula is C27H17NO3. The molecule has 1 aromatic heterocycles. The summed E-state index contributed by atoms with van der Waals surface area (Å²) >= 11 is 0. The lowest BCUT2D eigenvalue weighted by Crippen LogP contribution is -2.01. The molecule has 0 unspecified atom stereocenters. The predicted octanol–water partition coefficient (Wildman–Crippen LogP) is 6.36. The number of carbonyl (C=O) groups excluding carboxylic acids is 1. The van der Waals surface area contributed by atoms with Crippen LogP contribution in [0.25, 0.3) is 32.9 Å². The summed E-state index contributed by atoms with van der Waals surface area (Å²) in [7, 11) is 1.62. The van der Waals surface area contributed by atoms with Gasteiger partial charge in [-0.05, 0) is 46.7 Å². The van der Waals surface area contributed by atoms with E-state index in [0.29, 0.717) is 22.5 Å². The molecule has 0 aliphatic heterocycles. The average molecular weight is 403 g/mol. The maximum atomic E-state index is 13.4. The third kappa shape index (κ3) is 3.13. The molecule has 4 nitrogen and oxygen atoms in total. The number of hydrogen-bond acceptors (Lipinski definition) is 4. The van der Waals surface area contributed by atoms with E-state index < -0.39 is 0 Å². The summed E-state index contributed by atoms with van der Waals surface area (Å²) in [6.45, 7) is 0. The molecule has 4 aromatic carbocycles. The largest absolute Gasteiger partial charge is 0.497 e. The van der Waals surface area contributed by atoms with Crippen LogP contribution < -0.4 is 4.74 Å². The van der Waals surface area contributed by atoms with E-state index in [1.165, 1.54) is 0 Å². The highest BCUT2D eigenvalue weighted by molar-refractivity contribution is 6.21. The summed E-state index contributed by atoms with van der Waals surface area (Å²) in [5.41, 5.74) is 3.37. The number of carbonyl (C=O) groups is 1. The summed E-state index contributed by atoms with van der Waals surface area (Å²) in [4.78, 5) is 13.4. The number of fused-ring (bicyclic) bond motifs is 3. The zero-order valence-corrected chi connectivity index (χ0v) is 16.8. The molecule has 0 aliphatic carbocycles. The lowest BCUT2D eigenvalue weighted by atomic mass is 9.94. The van der Waals surface area contributed by atoms with Crippen molar-refractivity contribution in [3.63, 3.8) is 0 Å². The van der Waals surface area contributed by atoms with Crippen molar-refractivity contribution in [1.29, 1.82) is 5.26 Å². The first kappa shape index (κ1) is 18.7. The molecule has 31 heavy (non-hydrogen) atoms. The fourth-order valence-electron chi connectivity index (χ4n) is 3.91. The molecule has 0 bridgehead atoms. The minimum absolute atomic E-state index is 0.176. The Morgan fingerprint density at radius 2 is 1.71 bits per heavy atom. The van der Waals surface area contributed by atoms with Gasteiger partial charge in [0, 0.05) is 16.5 Å². The van der Waals surface area contributed by atoms with Crippen LogP contribution in [-0.2, 0) is 0 Å². The number of furan rings is 1. The van der Waals surface area contributed by atoms with E-state index >= 15 is 0 Å². The fourth-order valence-corrected chi connectivity index (χ4v) is 3.91. The van der Waals surface area contributed by atoms with Crippen LogP contribution in [0.2, 0.25) is 0 Å². The van der Waals surface area contributed by atoms with Crippen LogP contribution in [0.15, 0.2) is 89.3 Å². The van der Waals surface area contributed by atoms with E-state index in [4.69, 9.17) is 9.15 Å². The van der Waals surface area contributed by atoms with Gasteiger partial charge >= 0.3 is 0 Å². The number of benzene rings is 4. The Bertz CT molecular complexity index is 1470. The van der Waals surface area contributed by atoms with Gasteiger partial charge in [0.05, 0.1) is 18.7 Å². The molecule has 4 heteroatoms. The topological polar surface area (TPSA) is 63.2 Å². The molecule has 148 valence electrons. The minimum Gasteiger partial charge on any atom is -0.497 e. The highest BCUT2D eigenvalue weighted by Crippen LogP contribution is 2.40. The van der Waals surface area contributed by atoms with Crippen LogP contribution in [0.1, 0.15) is 21.7 Å². The van der Waals surface area contributed by atoms with Crippen molar-refractivity contribution in [1.82, 2.24) is 0 Å². The van der Waals surface area contributed by atoms with Crippen molar-refractivity contribution in [2.75, 3.05) is 7.11 Å². The third-order valence-electron chi connectivity index (χ3n) is 5.42. The van der Waals surface area contributed by atoms with E-state index in [1.807, 2.05) is 66.7 Å². The summed E-state index contributed by atoms with van der Waals surface area (Å²) < 4.78 is 11.4. The van der Waals surface area contributed by atoms with Crippen molar-refractivity contribution in [2.24, 2.45) is 0 Å². The number of ketones is 1. The number of hydrogen-bond donors (Lipinski definition) is 0. The molecule has 0 atom stereocenters. The lowest BCUT2D eigenvalue weighted by molar-refractivity contribution is 0.101. The fraction of sp³-hybridized carbons (Fsp3) is 0.0370. The molecule has 0 spiro atoms. The van der Waals surface area contributed by atoms with Crippen LogP contribution >= 0.6 is 0 Å². The number of methoxy groups -OCH3 is 1. The Labute approximate surface area is 178 Å². The molecule has 5 rings (SSSR count). The summed E-state index contributed by atoms with van der Waals surface area (Å²) in [6, 6.07) is 28.2. The predicted molar refractivity (Wildman–Crippen MR) is 120 cm³/mol. The van der Waals surface area contributed by atoms with Crippen molar-refractivity contribution in [3.8, 4) is 22.9 Å². The Morgan fingerprint density at radius 1 is 0.935 bits per heavy atom. The smallest absolute Gasteiger partial charge is 0.228 e. The van der Waals surface area contributed by atoms with Crippen molar-refractivity contribution in [2.45, 2.75) is 0 Å². The van der Waals surface area contributed by atoms with Gasteiger partial charge in [-0.3, -0.25) is 4.79 Å². The maximum Gasteiger partial charge on any atom is 0.228 e. The molecule has 0 saturated carbocycles. The second kappa shape index (κ2) is 7.47. The van der Waals surface area contributed by atoms with Crippen LogP contribution in [0.3, 0.4) is 0 Å². The molecule has 0 aliphatic rings. The molecule has 1 heterocycles. The summed E-state index contributed by atoms with van der Waals surface area (Å²) in [5, 5.41) is 12.0. The van der Waals surface area contributed by atoms with Gasteiger partial charge in [0.25, 0.3) is 0 Å². The highest BCUT2D eigenvalue weighted by atomic mass is 16.5. The van der Waals surface area contributed by atoms with E-state index in [1.54, 1.807) is 25.3 Å². The zero-order valence-electron chi connectivity index (χ0n) is 16.8. The number of ether oxygens (including phenoxy) is 1. The van der Waals surface area contributed by atoms with Gasteiger partial charge in [-0.1, -0.05) is 54.6 Å². The maximum absolute atomic E-state index is 13.4. The first-order valence-corrected chi connectivity index (χ1v) is 9.83. The van der Waals surface area contributed by atoms with Crippen LogP contribution in [0.5, 0.6) is 5.75 Å². The second-order valence-corrected chi connectivity index (χ2v) is 7.22. The van der Waals surface area contributed by atoms with Gasteiger partial charge in [-0.15, -0.1) is 0 Å². The van der Waals surface area contributed by atoms with Crippen LogP contribution in [-0.4, -0.2) is 12.9 Å². The van der Waals surface area contributed by atoms with Gasteiger partial charge in [-0.2, -0.15) is 5.26 Å². The molecule has 0 amide bonds. The van der Waals surface area contributed by atoms with E-state index in [2.05, 4.69) is 6.07 Å². The number of nitrogens with zero attached hydrogens (tertiary/aromatic N) is 1. The molecular weight excluding hydrogens is 386 g/mol. The molecule has 0 fully saturated rings. The number of nitriles is 1. The van der Waals surface area contributed by atoms with Gasteiger partial charge in [0.2, 0.25) is 5.78 Å². The molecule has 0 N–H and O–H groups in total. The van der Waals surface area contributed by atoms with Crippen LogP contribution in [0, 0.1) is 11.3 Å². The van der Waals surface area contributed by atoms with Crippen molar-refractivity contribution in [3.05, 3.63) is 102 Å². The van der Waals surface area contributed by atoms with E-state index in [-0.39, 0.29) is 5.78 Å². The normalized spacial score (nSPS) is 10.8. The molecule has 5 aromatic rings. The monoisotopic (exact) mass is 403 g/mol. The second-order valence-electron chi connectivity index (χ2n) is 7.22. The summed E-state index contributed by atoms with van der Waals surface area (Å²) in [6.07, 6.45) is 0. The first-order chi connectivity index (χ1) is 15.2. The average Bonchev–Trinajstić information content (AvgIpc) is 3.23. The quantitative estimate of drug-likeness (QED) is 0.327. The SMILES string of the molecule is COc1ccc(-c2c(C(=O)c3ccccc3)oc3ccc4cc(C#N)ccc4c23)cc1. The number of rotatable bonds is 4. The van der Waals surface area contributed by atoms with E-state index in [0.717, 1.165) is 33.0 Å². The first-order valence-electron chi connectivity index (χ1n) is 9.83. The Kier molecular flexibility index (Phi) is 4.50. The Morgan fingerprint density at radius 3 is 2.42 bits per heavy atom.